The third kappa shape index (κ3) is 1.63. The number of aliphatic hydroxyl groups excluding tert-OH is 1. The molecule has 1 nitrogen and oxygen atoms in total. The maximum absolute atomic E-state index is 9.39. The van der Waals surface area contributed by atoms with Gasteiger partial charge in [-0.05, 0) is 49.9 Å². The van der Waals surface area contributed by atoms with E-state index in [1.807, 2.05) is 6.92 Å². The van der Waals surface area contributed by atoms with Crippen LogP contribution in [0.3, 0.4) is 0 Å². The van der Waals surface area contributed by atoms with Crippen molar-refractivity contribution < 1.29 is 5.11 Å². The van der Waals surface area contributed by atoms with E-state index < -0.39 is 0 Å². The lowest BCUT2D eigenvalue weighted by molar-refractivity contribution is 0.123. The number of rotatable bonds is 3. The van der Waals surface area contributed by atoms with Gasteiger partial charge in [0.15, 0.2) is 0 Å². The molecule has 0 aromatic carbocycles. The predicted molar refractivity (Wildman–Crippen MR) is 54.5 cm³/mol. The summed E-state index contributed by atoms with van der Waals surface area (Å²) in [6.45, 7) is 4.27. The lowest BCUT2D eigenvalue weighted by atomic mass is 9.77. The molecular formula is C12H22O. The van der Waals surface area contributed by atoms with E-state index in [0.29, 0.717) is 5.41 Å². The van der Waals surface area contributed by atoms with Gasteiger partial charge in [-0.2, -0.15) is 0 Å². The Kier molecular flexibility index (Phi) is 2.39. The van der Waals surface area contributed by atoms with E-state index in [-0.39, 0.29) is 6.10 Å². The Bertz CT molecular complexity index is 188. The zero-order valence-electron chi connectivity index (χ0n) is 8.92. The standard InChI is InChI=1S/C12H22O/c1-9(7-10(2)13)12-6-4-3-5-11(12)8-12/h9-11,13H,3-8H2,1-2H3/t9-,10-,11-,12+/m1/s1. The van der Waals surface area contributed by atoms with Gasteiger partial charge in [-0.25, -0.2) is 0 Å². The van der Waals surface area contributed by atoms with Gasteiger partial charge in [0, 0.05) is 0 Å². The lowest BCUT2D eigenvalue weighted by Crippen LogP contribution is -2.22. The van der Waals surface area contributed by atoms with E-state index >= 15 is 0 Å². The Labute approximate surface area is 81.5 Å². The smallest absolute Gasteiger partial charge is 0.0514 e. The minimum absolute atomic E-state index is 0.104. The molecule has 1 N–H and O–H groups in total. The number of fused-ring (bicyclic) bond motifs is 1. The van der Waals surface area contributed by atoms with Gasteiger partial charge in [-0.1, -0.05) is 19.8 Å². The third-order valence-corrected chi connectivity index (χ3v) is 4.40. The molecule has 0 heterocycles. The highest BCUT2D eigenvalue weighted by Crippen LogP contribution is 2.66. The first-order chi connectivity index (χ1) is 6.15. The Morgan fingerprint density at radius 3 is 2.77 bits per heavy atom. The van der Waals surface area contributed by atoms with Gasteiger partial charge in [-0.15, -0.1) is 0 Å². The summed E-state index contributed by atoms with van der Waals surface area (Å²) in [7, 11) is 0. The van der Waals surface area contributed by atoms with Crippen LogP contribution in [-0.2, 0) is 0 Å². The van der Waals surface area contributed by atoms with Crippen molar-refractivity contribution in [2.45, 2.75) is 58.5 Å². The van der Waals surface area contributed by atoms with Crippen LogP contribution >= 0.6 is 0 Å². The predicted octanol–water partition coefficient (Wildman–Crippen LogP) is 2.97. The van der Waals surface area contributed by atoms with Crippen LogP contribution in [0.1, 0.15) is 52.4 Å². The molecular weight excluding hydrogens is 160 g/mol. The fourth-order valence-electron chi connectivity index (χ4n) is 3.54. The van der Waals surface area contributed by atoms with Crippen molar-refractivity contribution in [2.75, 3.05) is 0 Å². The summed E-state index contributed by atoms with van der Waals surface area (Å²) in [6, 6.07) is 0. The first-order valence-corrected chi connectivity index (χ1v) is 5.83. The molecule has 2 fully saturated rings. The fourth-order valence-corrected chi connectivity index (χ4v) is 3.54. The summed E-state index contributed by atoms with van der Waals surface area (Å²) in [5.41, 5.74) is 0.676. The third-order valence-electron chi connectivity index (χ3n) is 4.40. The van der Waals surface area contributed by atoms with Gasteiger partial charge >= 0.3 is 0 Å². The Hall–Kier alpha value is -0.0400. The molecule has 13 heavy (non-hydrogen) atoms. The van der Waals surface area contributed by atoms with E-state index in [9.17, 15) is 5.11 Å². The summed E-state index contributed by atoms with van der Waals surface area (Å²) in [5.74, 6) is 1.77. The van der Waals surface area contributed by atoms with Crippen LogP contribution in [0, 0.1) is 17.3 Å². The summed E-state index contributed by atoms with van der Waals surface area (Å²) < 4.78 is 0. The maximum Gasteiger partial charge on any atom is 0.0514 e. The quantitative estimate of drug-likeness (QED) is 0.711. The molecule has 0 radical (unpaired) electrons. The normalized spacial score (nSPS) is 42.2. The van der Waals surface area contributed by atoms with Crippen LogP contribution in [0.15, 0.2) is 0 Å². The average molecular weight is 182 g/mol. The summed E-state index contributed by atoms with van der Waals surface area (Å²) >= 11 is 0. The van der Waals surface area contributed by atoms with Gasteiger partial charge in [0.2, 0.25) is 0 Å². The van der Waals surface area contributed by atoms with Crippen molar-refractivity contribution in [1.82, 2.24) is 0 Å². The largest absolute Gasteiger partial charge is 0.393 e. The molecule has 0 aromatic heterocycles. The molecule has 0 amide bonds. The van der Waals surface area contributed by atoms with E-state index in [4.69, 9.17) is 0 Å². The van der Waals surface area contributed by atoms with Crippen LogP contribution < -0.4 is 0 Å². The molecule has 4 atom stereocenters. The van der Waals surface area contributed by atoms with Crippen LogP contribution in [0.5, 0.6) is 0 Å². The monoisotopic (exact) mass is 182 g/mol. The van der Waals surface area contributed by atoms with Crippen LogP contribution in [0.25, 0.3) is 0 Å². The zero-order chi connectivity index (χ0) is 9.47. The van der Waals surface area contributed by atoms with E-state index in [1.165, 1.54) is 32.1 Å². The average Bonchev–Trinajstić information content (AvgIpc) is 2.77. The van der Waals surface area contributed by atoms with E-state index in [0.717, 1.165) is 18.3 Å². The summed E-state index contributed by atoms with van der Waals surface area (Å²) in [6.07, 6.45) is 8.15. The van der Waals surface area contributed by atoms with E-state index in [1.54, 1.807) is 0 Å². The van der Waals surface area contributed by atoms with Gasteiger partial charge in [0.05, 0.1) is 6.10 Å². The van der Waals surface area contributed by atoms with Crippen LogP contribution in [-0.4, -0.2) is 11.2 Å². The Balaban J connectivity index is 1.92. The van der Waals surface area contributed by atoms with Crippen molar-refractivity contribution in [3.8, 4) is 0 Å². The summed E-state index contributed by atoms with van der Waals surface area (Å²) in [5, 5.41) is 9.39. The highest BCUT2D eigenvalue weighted by atomic mass is 16.3. The summed E-state index contributed by atoms with van der Waals surface area (Å²) in [4.78, 5) is 0. The lowest BCUT2D eigenvalue weighted by Gasteiger charge is -2.29. The van der Waals surface area contributed by atoms with Crippen molar-refractivity contribution >= 4 is 0 Å². The second-order valence-electron chi connectivity index (χ2n) is 5.37. The first kappa shape index (κ1) is 9.51. The molecule has 0 aromatic rings. The molecule has 0 spiro atoms. The van der Waals surface area contributed by atoms with Crippen molar-refractivity contribution in [3.05, 3.63) is 0 Å². The van der Waals surface area contributed by atoms with Gasteiger partial charge in [0.25, 0.3) is 0 Å². The Morgan fingerprint density at radius 1 is 1.38 bits per heavy atom. The van der Waals surface area contributed by atoms with Crippen molar-refractivity contribution in [1.29, 1.82) is 0 Å². The molecule has 2 aliphatic carbocycles. The van der Waals surface area contributed by atoms with E-state index in [2.05, 4.69) is 6.92 Å². The molecule has 2 saturated carbocycles. The van der Waals surface area contributed by atoms with Crippen molar-refractivity contribution in [3.63, 3.8) is 0 Å². The molecule has 0 unspecified atom stereocenters. The second kappa shape index (κ2) is 3.27. The van der Waals surface area contributed by atoms with Gasteiger partial charge in [0.1, 0.15) is 0 Å². The maximum atomic E-state index is 9.39. The van der Waals surface area contributed by atoms with Gasteiger partial charge in [-0.3, -0.25) is 0 Å². The van der Waals surface area contributed by atoms with Crippen LogP contribution in [0.2, 0.25) is 0 Å². The molecule has 2 aliphatic rings. The fraction of sp³-hybridized carbons (Fsp3) is 1.00. The highest BCUT2D eigenvalue weighted by molar-refractivity contribution is 5.06. The number of hydrogen-bond acceptors (Lipinski definition) is 1. The number of hydrogen-bond donors (Lipinski definition) is 1. The molecule has 76 valence electrons. The highest BCUT2D eigenvalue weighted by Gasteiger charge is 2.57. The molecule has 1 heteroatoms. The second-order valence-corrected chi connectivity index (χ2v) is 5.37. The number of aliphatic hydroxyl groups is 1. The zero-order valence-corrected chi connectivity index (χ0v) is 8.92. The molecule has 0 saturated heterocycles. The molecule has 2 rings (SSSR count). The topological polar surface area (TPSA) is 20.2 Å². The van der Waals surface area contributed by atoms with Crippen molar-refractivity contribution in [2.24, 2.45) is 17.3 Å². The SMILES string of the molecule is C[C@H](C[C@@H](C)O)[C@@]12CCCC[C@@H]1C2. The minimum atomic E-state index is -0.104. The molecule has 0 bridgehead atoms. The van der Waals surface area contributed by atoms with Crippen LogP contribution in [0.4, 0.5) is 0 Å². The molecule has 0 aliphatic heterocycles. The first-order valence-electron chi connectivity index (χ1n) is 5.83. The van der Waals surface area contributed by atoms with Gasteiger partial charge < -0.3 is 5.11 Å². The minimum Gasteiger partial charge on any atom is -0.393 e. The Morgan fingerprint density at radius 2 is 2.15 bits per heavy atom.